The number of nitrogens with one attached hydrogen (secondary N) is 1. The van der Waals surface area contributed by atoms with Crippen molar-refractivity contribution in [3.05, 3.63) is 87.2 Å². The normalized spacial score (nSPS) is 14.9. The van der Waals surface area contributed by atoms with Gasteiger partial charge in [0.2, 0.25) is 0 Å². The van der Waals surface area contributed by atoms with Crippen molar-refractivity contribution >= 4 is 46.9 Å². The number of carbonyl (C=O) groups excluding carboxylic acids is 3. The zero-order valence-electron chi connectivity index (χ0n) is 21.1. The summed E-state index contributed by atoms with van der Waals surface area (Å²) in [6, 6.07) is 13.0. The summed E-state index contributed by atoms with van der Waals surface area (Å²) in [5.74, 6) is -1.43. The van der Waals surface area contributed by atoms with Crippen LogP contribution in [0.5, 0.6) is 0 Å². The molecule has 0 spiro atoms. The molecule has 2 aromatic carbocycles. The lowest BCUT2D eigenvalue weighted by molar-refractivity contribution is -0.122. The van der Waals surface area contributed by atoms with Crippen molar-refractivity contribution < 1.29 is 19.1 Å². The van der Waals surface area contributed by atoms with Gasteiger partial charge < -0.3 is 9.30 Å². The summed E-state index contributed by atoms with van der Waals surface area (Å²) in [6.45, 7) is 9.57. The first-order chi connectivity index (χ1) is 17.1. The van der Waals surface area contributed by atoms with Gasteiger partial charge in [0.15, 0.2) is 5.11 Å². The maximum atomic E-state index is 13.5. The molecule has 0 bridgehead atoms. The summed E-state index contributed by atoms with van der Waals surface area (Å²) < 4.78 is 6.91. The van der Waals surface area contributed by atoms with Crippen LogP contribution in [0.2, 0.25) is 0 Å². The molecule has 4 rings (SSSR count). The number of benzene rings is 2. The molecule has 1 N–H and O–H groups in total. The number of aromatic nitrogens is 1. The molecule has 1 aromatic heterocycles. The Morgan fingerprint density at radius 1 is 0.972 bits per heavy atom. The van der Waals surface area contributed by atoms with Crippen molar-refractivity contribution in [2.24, 2.45) is 0 Å². The topological polar surface area (TPSA) is 80.6 Å². The number of anilines is 1. The average Bonchev–Trinajstić information content (AvgIpc) is 3.11. The number of ether oxygens (including phenoxy) is 1. The first-order valence-electron chi connectivity index (χ1n) is 11.4. The summed E-state index contributed by atoms with van der Waals surface area (Å²) in [5, 5.41) is 2.71. The molecule has 0 atom stereocenters. The van der Waals surface area contributed by atoms with Gasteiger partial charge in [-0.05, 0) is 99.4 Å². The van der Waals surface area contributed by atoms with Crippen LogP contribution in [0.4, 0.5) is 5.69 Å². The molecule has 7 nitrogen and oxygen atoms in total. The fraction of sp³-hybridized carbons (Fsp3) is 0.214. The number of nitrogens with zero attached hydrogens (tertiary/aromatic N) is 2. The van der Waals surface area contributed by atoms with Gasteiger partial charge in [0.1, 0.15) is 5.57 Å². The maximum Gasteiger partial charge on any atom is 0.338 e. The largest absolute Gasteiger partial charge is 0.465 e. The third-order valence-electron chi connectivity index (χ3n) is 6.64. The Balaban J connectivity index is 1.81. The highest BCUT2D eigenvalue weighted by Crippen LogP contribution is 2.30. The van der Waals surface area contributed by atoms with Gasteiger partial charge >= 0.3 is 5.97 Å². The van der Waals surface area contributed by atoms with Crippen molar-refractivity contribution in [2.45, 2.75) is 34.6 Å². The molecule has 2 amide bonds. The Kier molecular flexibility index (Phi) is 6.65. The molecule has 1 aliphatic heterocycles. The monoisotopic (exact) mass is 501 g/mol. The second-order valence-electron chi connectivity index (χ2n) is 8.78. The van der Waals surface area contributed by atoms with E-state index in [1.54, 1.807) is 18.2 Å². The van der Waals surface area contributed by atoms with E-state index in [2.05, 4.69) is 5.32 Å². The third kappa shape index (κ3) is 4.13. The number of thiocarbonyl (C=S) groups is 1. The van der Waals surface area contributed by atoms with E-state index in [1.165, 1.54) is 12.0 Å². The Morgan fingerprint density at radius 3 is 2.33 bits per heavy atom. The second-order valence-corrected chi connectivity index (χ2v) is 9.17. The van der Waals surface area contributed by atoms with Gasteiger partial charge in [-0.2, -0.15) is 0 Å². The minimum Gasteiger partial charge on any atom is -0.465 e. The number of carbonyl (C=O) groups is 3. The van der Waals surface area contributed by atoms with E-state index in [-0.39, 0.29) is 10.7 Å². The summed E-state index contributed by atoms with van der Waals surface area (Å²) in [5.41, 5.74) is 7.01. The van der Waals surface area contributed by atoms with Gasteiger partial charge in [0.25, 0.3) is 11.8 Å². The summed E-state index contributed by atoms with van der Waals surface area (Å²) in [6.07, 6.45) is 1.59. The van der Waals surface area contributed by atoms with E-state index >= 15 is 0 Å². The van der Waals surface area contributed by atoms with E-state index in [0.29, 0.717) is 16.8 Å². The molecule has 8 heteroatoms. The first-order valence-corrected chi connectivity index (χ1v) is 11.8. The number of amides is 2. The van der Waals surface area contributed by atoms with Crippen molar-refractivity contribution in [1.29, 1.82) is 0 Å². The number of hydrogen-bond donors (Lipinski definition) is 1. The number of rotatable bonds is 4. The molecule has 0 radical (unpaired) electrons. The van der Waals surface area contributed by atoms with Crippen LogP contribution in [0.1, 0.15) is 44.0 Å². The minimum atomic E-state index is -0.541. The predicted molar refractivity (Wildman–Crippen MR) is 143 cm³/mol. The number of esters is 1. The van der Waals surface area contributed by atoms with Gasteiger partial charge in [-0.1, -0.05) is 18.2 Å². The standard InChI is InChI=1S/C28H27N3O4S/c1-15-9-7-11-23(17(15)3)31-26(33)22(25(32)29-28(31)36)14-20-13-16(2)30(19(20)5)24-12-8-10-21(18(24)4)27(34)35-6/h7-14H,1-6H3,(H,29,32,36)/b22-14+. The van der Waals surface area contributed by atoms with Gasteiger partial charge in [-0.25, -0.2) is 4.79 Å². The van der Waals surface area contributed by atoms with Crippen LogP contribution < -0.4 is 10.2 Å². The Labute approximate surface area is 215 Å². The Morgan fingerprint density at radius 2 is 1.64 bits per heavy atom. The lowest BCUT2D eigenvalue weighted by Crippen LogP contribution is -2.54. The van der Waals surface area contributed by atoms with Crippen LogP contribution in [-0.4, -0.2) is 34.6 Å². The van der Waals surface area contributed by atoms with Gasteiger partial charge in [-0.15, -0.1) is 0 Å². The van der Waals surface area contributed by atoms with Gasteiger partial charge in [0.05, 0.1) is 18.4 Å². The Hall–Kier alpha value is -4.04. The van der Waals surface area contributed by atoms with Gasteiger partial charge in [-0.3, -0.25) is 19.8 Å². The molecular weight excluding hydrogens is 474 g/mol. The van der Waals surface area contributed by atoms with E-state index in [1.807, 2.05) is 69.5 Å². The smallest absolute Gasteiger partial charge is 0.338 e. The highest BCUT2D eigenvalue weighted by Gasteiger charge is 2.35. The molecule has 36 heavy (non-hydrogen) atoms. The Bertz CT molecular complexity index is 1480. The summed E-state index contributed by atoms with van der Waals surface area (Å²) >= 11 is 5.36. The molecule has 0 unspecified atom stereocenters. The first kappa shape index (κ1) is 25.1. The van der Waals surface area contributed by atoms with E-state index in [4.69, 9.17) is 17.0 Å². The van der Waals surface area contributed by atoms with Crippen LogP contribution in [0.3, 0.4) is 0 Å². The van der Waals surface area contributed by atoms with Crippen LogP contribution in [0.25, 0.3) is 11.8 Å². The molecule has 184 valence electrons. The van der Waals surface area contributed by atoms with E-state index < -0.39 is 17.8 Å². The van der Waals surface area contributed by atoms with E-state index in [0.717, 1.165) is 33.8 Å². The van der Waals surface area contributed by atoms with Crippen molar-refractivity contribution in [2.75, 3.05) is 12.0 Å². The van der Waals surface area contributed by atoms with Gasteiger partial charge in [0, 0.05) is 17.1 Å². The fourth-order valence-corrected chi connectivity index (χ4v) is 4.78. The predicted octanol–water partition coefficient (Wildman–Crippen LogP) is 4.64. The second kappa shape index (κ2) is 9.54. The molecule has 1 saturated heterocycles. The molecule has 0 saturated carbocycles. The highest BCUT2D eigenvalue weighted by atomic mass is 32.1. The third-order valence-corrected chi connectivity index (χ3v) is 6.92. The van der Waals surface area contributed by atoms with Crippen LogP contribution in [0.15, 0.2) is 48.0 Å². The molecule has 0 aliphatic carbocycles. The molecular formula is C28H27N3O4S. The van der Waals surface area contributed by atoms with Crippen molar-refractivity contribution in [1.82, 2.24) is 9.88 Å². The summed E-state index contributed by atoms with van der Waals surface area (Å²) in [4.78, 5) is 40.0. The van der Waals surface area contributed by atoms with Crippen molar-refractivity contribution in [3.63, 3.8) is 0 Å². The summed E-state index contributed by atoms with van der Waals surface area (Å²) in [7, 11) is 1.35. The number of aryl methyl sites for hydroxylation is 2. The lowest BCUT2D eigenvalue weighted by atomic mass is 10.0. The maximum absolute atomic E-state index is 13.5. The molecule has 1 aliphatic rings. The van der Waals surface area contributed by atoms with E-state index in [9.17, 15) is 14.4 Å². The minimum absolute atomic E-state index is 0.00945. The number of methoxy groups -OCH3 is 1. The molecule has 3 aromatic rings. The molecule has 1 fully saturated rings. The number of hydrogen-bond acceptors (Lipinski definition) is 5. The van der Waals surface area contributed by atoms with Crippen LogP contribution in [0, 0.1) is 34.6 Å². The highest BCUT2D eigenvalue weighted by molar-refractivity contribution is 7.80. The quantitative estimate of drug-likeness (QED) is 0.244. The van der Waals surface area contributed by atoms with Crippen LogP contribution >= 0.6 is 12.2 Å². The SMILES string of the molecule is COC(=O)c1cccc(-n2c(C)cc(/C=C3\C(=O)NC(=S)N(c4cccc(C)c4C)C3=O)c2C)c1C. The zero-order chi connectivity index (χ0) is 26.3. The lowest BCUT2D eigenvalue weighted by Gasteiger charge is -2.30. The fourth-order valence-electron chi connectivity index (χ4n) is 4.51. The van der Waals surface area contributed by atoms with Crippen LogP contribution in [-0.2, 0) is 14.3 Å². The zero-order valence-corrected chi connectivity index (χ0v) is 21.9. The average molecular weight is 502 g/mol. The van der Waals surface area contributed by atoms with Crippen molar-refractivity contribution in [3.8, 4) is 5.69 Å². The molecule has 2 heterocycles.